The summed E-state index contributed by atoms with van der Waals surface area (Å²) in [5, 5.41) is 9.28. The first-order valence-electron chi connectivity index (χ1n) is 16.2. The SMILES string of the molecule is CC(C)N1CCN(Cc2cc(CN3CCN(C(C)C)CCN(C(C)C)CC3)[n-]n2)CCN(C(C)C)CC1.[O-][Cl+3]([O-])([O-])[O-].[O-][Cl+3]([O-])([O-])[O-].[OH-].[Zn+2].[Zn+2]. The van der Waals surface area contributed by atoms with Crippen molar-refractivity contribution in [1.82, 2.24) is 39.6 Å². The molecular formula is C29H58Cl2N8O9Zn2. The zero-order chi connectivity index (χ0) is 35.9. The minimum absolute atomic E-state index is 0. The molecule has 2 aliphatic rings. The zero-order valence-corrected chi connectivity index (χ0v) is 38.7. The predicted molar refractivity (Wildman–Crippen MR) is 157 cm³/mol. The van der Waals surface area contributed by atoms with Crippen LogP contribution in [0.3, 0.4) is 0 Å². The van der Waals surface area contributed by atoms with E-state index in [9.17, 15) is 0 Å². The monoisotopic (exact) mass is 860 g/mol. The molecule has 1 aromatic rings. The molecule has 21 heteroatoms. The number of hydrogen-bond donors (Lipinski definition) is 0. The number of hydrogen-bond acceptors (Lipinski definition) is 16. The van der Waals surface area contributed by atoms with Gasteiger partial charge in [0.25, 0.3) is 0 Å². The van der Waals surface area contributed by atoms with Gasteiger partial charge in [0.15, 0.2) is 0 Å². The number of aromatic nitrogens is 2. The number of halogens is 2. The van der Waals surface area contributed by atoms with Gasteiger partial charge < -0.3 is 15.7 Å². The summed E-state index contributed by atoms with van der Waals surface area (Å²) in [6.07, 6.45) is 0. The average molecular weight is 865 g/mol. The second kappa shape index (κ2) is 27.1. The summed E-state index contributed by atoms with van der Waals surface area (Å²) in [4.78, 5) is 15.7. The van der Waals surface area contributed by atoms with Crippen LogP contribution in [0.25, 0.3) is 0 Å². The van der Waals surface area contributed by atoms with Crippen molar-refractivity contribution in [3.8, 4) is 0 Å². The molecule has 2 saturated heterocycles. The van der Waals surface area contributed by atoms with Crippen LogP contribution in [0.1, 0.15) is 66.8 Å². The van der Waals surface area contributed by atoms with E-state index in [2.05, 4.69) is 101 Å². The van der Waals surface area contributed by atoms with Crippen molar-refractivity contribution in [3.05, 3.63) is 17.5 Å². The molecule has 0 aliphatic carbocycles. The fraction of sp³-hybridized carbons (Fsp3) is 0.897. The maximum atomic E-state index is 8.49. The average Bonchev–Trinajstić information content (AvgIpc) is 3.40. The molecule has 0 amide bonds. The molecule has 286 valence electrons. The number of rotatable bonds is 8. The van der Waals surface area contributed by atoms with Gasteiger partial charge in [-0.25, -0.2) is 37.3 Å². The molecule has 0 bridgehead atoms. The topological polar surface area (TPSA) is 261 Å². The Morgan fingerprint density at radius 3 is 1.02 bits per heavy atom. The molecule has 1 N–H and O–H groups in total. The van der Waals surface area contributed by atoms with E-state index < -0.39 is 20.5 Å². The maximum absolute atomic E-state index is 8.49. The van der Waals surface area contributed by atoms with Gasteiger partial charge in [0, 0.05) is 121 Å². The van der Waals surface area contributed by atoms with Gasteiger partial charge in [-0.3, -0.25) is 29.4 Å². The quantitative estimate of drug-likeness (QED) is 0.220. The van der Waals surface area contributed by atoms with Gasteiger partial charge in [0.05, 0.1) is 0 Å². The Hall–Kier alpha value is 0.437. The van der Waals surface area contributed by atoms with Crippen LogP contribution in [0.4, 0.5) is 0 Å². The van der Waals surface area contributed by atoms with E-state index in [-0.39, 0.29) is 44.4 Å². The summed E-state index contributed by atoms with van der Waals surface area (Å²) in [7, 11) is -9.89. The van der Waals surface area contributed by atoms with Crippen molar-refractivity contribution in [1.29, 1.82) is 0 Å². The first-order chi connectivity index (χ1) is 21.6. The second-order valence-electron chi connectivity index (χ2n) is 13.2. The minimum atomic E-state index is -4.94. The standard InChI is InChI=1S/C29H57N8.2ClHO4.H2O.2Zn/c1-24(2)34-13-9-32(10-14-35(18-17-34)25(3)4)22-28-21-29(31-30-28)23-33-11-15-36(26(5)6)19-20-37(16-12-33)27(7)8;2*2-1(3,4)5;;;/h21,24-27H,9-20,22-23H2,1-8H3;2*(H,2,3,4,5);1H2;;/q-1;;;;2*+2/p-3. The Kier molecular flexibility index (Phi) is 29.7. The van der Waals surface area contributed by atoms with E-state index in [1.807, 2.05) is 0 Å². The van der Waals surface area contributed by atoms with E-state index in [4.69, 9.17) is 37.3 Å². The van der Waals surface area contributed by atoms with Crippen molar-refractivity contribution in [3.63, 3.8) is 0 Å². The molecule has 50 heavy (non-hydrogen) atoms. The molecule has 0 atom stereocenters. The van der Waals surface area contributed by atoms with Crippen molar-refractivity contribution in [2.24, 2.45) is 0 Å². The molecule has 3 rings (SSSR count). The van der Waals surface area contributed by atoms with E-state index >= 15 is 0 Å². The third kappa shape index (κ3) is 27.1. The molecule has 0 aromatic carbocycles. The summed E-state index contributed by atoms with van der Waals surface area (Å²) in [5.41, 5.74) is 2.25. The summed E-state index contributed by atoms with van der Waals surface area (Å²) in [6, 6.07) is 4.60. The van der Waals surface area contributed by atoms with E-state index in [0.717, 1.165) is 103 Å². The van der Waals surface area contributed by atoms with Gasteiger partial charge in [-0.05, 0) is 55.4 Å². The van der Waals surface area contributed by atoms with E-state index in [1.165, 1.54) is 0 Å². The third-order valence-corrected chi connectivity index (χ3v) is 8.50. The van der Waals surface area contributed by atoms with Gasteiger partial charge in [-0.1, -0.05) is 6.07 Å². The summed E-state index contributed by atoms with van der Waals surface area (Å²) in [5.74, 6) is 0. The first-order valence-corrected chi connectivity index (χ1v) is 18.7. The summed E-state index contributed by atoms with van der Waals surface area (Å²) in [6.45, 7) is 33.9. The third-order valence-electron chi connectivity index (χ3n) is 8.50. The van der Waals surface area contributed by atoms with Crippen LogP contribution in [0, 0.1) is 20.5 Å². The van der Waals surface area contributed by atoms with Gasteiger partial charge in [0.2, 0.25) is 0 Å². The molecule has 2 aliphatic heterocycles. The molecular weight excluding hydrogens is 806 g/mol. The molecule has 3 heterocycles. The molecule has 0 spiro atoms. The van der Waals surface area contributed by atoms with Crippen LogP contribution >= 0.6 is 0 Å². The zero-order valence-electron chi connectivity index (χ0n) is 31.2. The maximum Gasteiger partial charge on any atom is 2.00 e. The van der Waals surface area contributed by atoms with Crippen LogP contribution in [0.5, 0.6) is 0 Å². The van der Waals surface area contributed by atoms with Gasteiger partial charge in [-0.15, -0.1) is 26.2 Å². The Morgan fingerprint density at radius 1 is 0.520 bits per heavy atom. The van der Waals surface area contributed by atoms with Crippen LogP contribution in [-0.2, 0) is 52.0 Å². The smallest absolute Gasteiger partial charge is 0.870 e. The van der Waals surface area contributed by atoms with Crippen LogP contribution in [0.15, 0.2) is 6.07 Å². The van der Waals surface area contributed by atoms with E-state index in [0.29, 0.717) is 24.2 Å². The molecule has 17 nitrogen and oxygen atoms in total. The Balaban J connectivity index is -0.00000149. The second-order valence-corrected chi connectivity index (χ2v) is 14.7. The van der Waals surface area contributed by atoms with Crippen molar-refractivity contribution in [2.45, 2.75) is 92.6 Å². The van der Waals surface area contributed by atoms with E-state index in [1.54, 1.807) is 0 Å². The van der Waals surface area contributed by atoms with Gasteiger partial charge in [-0.2, -0.15) is 0 Å². The predicted octanol–water partition coefficient (Wildman–Crippen LogP) is -7.18. The van der Waals surface area contributed by atoms with Gasteiger partial charge in [0.1, 0.15) is 0 Å². The largest absolute Gasteiger partial charge is 2.00 e. The Morgan fingerprint density at radius 2 is 0.760 bits per heavy atom. The fourth-order valence-corrected chi connectivity index (χ4v) is 5.64. The molecule has 0 radical (unpaired) electrons. The minimum Gasteiger partial charge on any atom is -0.870 e. The first kappa shape index (κ1) is 54.8. The molecule has 2 fully saturated rings. The molecule has 0 saturated carbocycles. The van der Waals surface area contributed by atoms with Crippen LogP contribution in [0.2, 0.25) is 0 Å². The van der Waals surface area contributed by atoms with Crippen molar-refractivity contribution >= 4 is 0 Å². The fourth-order valence-electron chi connectivity index (χ4n) is 5.64. The molecule has 1 aromatic heterocycles. The summed E-state index contributed by atoms with van der Waals surface area (Å²) >= 11 is 0. The van der Waals surface area contributed by atoms with Crippen LogP contribution < -0.4 is 42.4 Å². The number of nitrogens with zero attached hydrogens (tertiary/aromatic N) is 8. The van der Waals surface area contributed by atoms with Crippen LogP contribution in [-0.4, -0.2) is 143 Å². The van der Waals surface area contributed by atoms with Crippen molar-refractivity contribution < 1.29 is 102 Å². The summed E-state index contributed by atoms with van der Waals surface area (Å²) < 4.78 is 67.9. The van der Waals surface area contributed by atoms with Crippen molar-refractivity contribution in [2.75, 3.05) is 78.5 Å². The Bertz CT molecular complexity index is 855. The Labute approximate surface area is 328 Å². The van der Waals surface area contributed by atoms with Gasteiger partial charge >= 0.3 is 39.0 Å². The normalized spacial score (nSPS) is 19.0. The molecule has 0 unspecified atom stereocenters.